The monoisotopic (exact) mass is 645 g/mol. The second kappa shape index (κ2) is 11.8. The largest absolute Gasteiger partial charge is 0.481 e. The number of nitrogens with zero attached hydrogens (tertiary/aromatic N) is 5. The number of methoxy groups -OCH3 is 1. The van der Waals surface area contributed by atoms with Crippen LogP contribution in [0.25, 0.3) is 22.4 Å². The Labute approximate surface area is 271 Å². The van der Waals surface area contributed by atoms with Gasteiger partial charge in [0.15, 0.2) is 5.82 Å². The molecule has 3 aliphatic heterocycles. The Morgan fingerprint density at radius 1 is 1.02 bits per heavy atom. The van der Waals surface area contributed by atoms with Crippen molar-refractivity contribution in [1.82, 2.24) is 29.7 Å². The van der Waals surface area contributed by atoms with Gasteiger partial charge in [0.1, 0.15) is 0 Å². The number of nitrogens with one attached hydrogen (secondary N) is 2. The number of anilines is 1. The zero-order chi connectivity index (χ0) is 31.3. The van der Waals surface area contributed by atoms with Gasteiger partial charge in [0, 0.05) is 92.6 Å². The van der Waals surface area contributed by atoms with Gasteiger partial charge in [0.25, 0.3) is 5.91 Å². The lowest BCUT2D eigenvalue weighted by atomic mass is 9.73. The van der Waals surface area contributed by atoms with Gasteiger partial charge in [0.05, 0.1) is 34.2 Å². The Kier molecular flexibility index (Phi) is 7.77. The van der Waals surface area contributed by atoms with Crippen molar-refractivity contribution < 1.29 is 14.3 Å². The Balaban J connectivity index is 1.11. The minimum atomic E-state index is -0.328. The number of rotatable bonds is 8. The number of benzene rings is 2. The van der Waals surface area contributed by atoms with Gasteiger partial charge in [0.2, 0.25) is 12.3 Å². The number of hydrogen-bond donors (Lipinski definition) is 2. The Bertz CT molecular complexity index is 1810. The number of halogens is 2. The standard InChI is InChI=1S/C33H33Cl2N7O3/c1-40-27-11-12-36-13-26(27)37-30(40)31(44)38-25-8-4-6-22(29(25)35)21-5-3-7-23(28(21)34)24-10-9-20(32(39-24)45-2)14-41-15-33(16-41)17-42(18-33)19-43/h3-10,19,36H,11-18H2,1-2H3,(H,38,44). The number of hydrogen-bond acceptors (Lipinski definition) is 7. The Hall–Kier alpha value is -3.96. The van der Waals surface area contributed by atoms with Crippen LogP contribution < -0.4 is 15.4 Å². The van der Waals surface area contributed by atoms with Crippen LogP contribution >= 0.6 is 23.2 Å². The number of fused-ring (bicyclic) bond motifs is 1. The zero-order valence-corrected chi connectivity index (χ0v) is 26.6. The maximum Gasteiger partial charge on any atom is 0.291 e. The summed E-state index contributed by atoms with van der Waals surface area (Å²) in [7, 11) is 3.49. The molecule has 2 N–H and O–H groups in total. The third kappa shape index (κ3) is 5.35. The second-order valence-electron chi connectivity index (χ2n) is 12.1. The lowest BCUT2D eigenvalue weighted by Crippen LogP contribution is -2.71. The van der Waals surface area contributed by atoms with Gasteiger partial charge in [-0.15, -0.1) is 0 Å². The lowest BCUT2D eigenvalue weighted by Gasteiger charge is -2.59. The van der Waals surface area contributed by atoms with E-state index in [-0.39, 0.29) is 11.3 Å². The molecule has 0 unspecified atom stereocenters. The number of ether oxygens (including phenoxy) is 1. The molecular formula is C33H33Cl2N7O3. The van der Waals surface area contributed by atoms with Gasteiger partial charge in [-0.05, 0) is 12.1 Å². The second-order valence-corrected chi connectivity index (χ2v) is 12.9. The molecule has 0 aliphatic carbocycles. The van der Waals surface area contributed by atoms with E-state index < -0.39 is 0 Å². The van der Waals surface area contributed by atoms with Crippen LogP contribution in [0.2, 0.25) is 10.0 Å². The molecule has 1 spiro atoms. The molecule has 0 atom stereocenters. The summed E-state index contributed by atoms with van der Waals surface area (Å²) in [6, 6.07) is 15.2. The van der Waals surface area contributed by atoms with Crippen LogP contribution in [0.4, 0.5) is 5.69 Å². The predicted molar refractivity (Wildman–Crippen MR) is 174 cm³/mol. The molecule has 0 saturated carbocycles. The predicted octanol–water partition coefficient (Wildman–Crippen LogP) is 4.64. The fourth-order valence-corrected chi connectivity index (χ4v) is 7.47. The molecule has 7 rings (SSSR count). The van der Waals surface area contributed by atoms with Crippen LogP contribution in [0.3, 0.4) is 0 Å². The molecule has 5 heterocycles. The summed E-state index contributed by atoms with van der Waals surface area (Å²) in [5, 5.41) is 7.11. The highest BCUT2D eigenvalue weighted by Crippen LogP contribution is 2.43. The molecule has 2 aromatic heterocycles. The normalized spacial score (nSPS) is 16.9. The van der Waals surface area contributed by atoms with E-state index in [4.69, 9.17) is 32.9 Å². The summed E-state index contributed by atoms with van der Waals surface area (Å²) < 4.78 is 7.55. The summed E-state index contributed by atoms with van der Waals surface area (Å²) in [5.41, 5.74) is 6.48. The first-order valence-corrected chi connectivity index (χ1v) is 15.6. The van der Waals surface area contributed by atoms with Crippen LogP contribution in [-0.4, -0.2) is 76.5 Å². The third-order valence-electron chi connectivity index (χ3n) is 9.01. The minimum Gasteiger partial charge on any atom is -0.481 e. The average molecular weight is 647 g/mol. The van der Waals surface area contributed by atoms with Crippen molar-refractivity contribution in [1.29, 1.82) is 0 Å². The molecule has 10 nitrogen and oxygen atoms in total. The van der Waals surface area contributed by atoms with Gasteiger partial charge in [-0.2, -0.15) is 0 Å². The Morgan fingerprint density at radius 3 is 2.49 bits per heavy atom. The van der Waals surface area contributed by atoms with Crippen LogP contribution in [-0.2, 0) is 31.4 Å². The van der Waals surface area contributed by atoms with Crippen molar-refractivity contribution in [3.05, 3.63) is 81.4 Å². The number of aromatic nitrogens is 3. The van der Waals surface area contributed by atoms with Gasteiger partial charge in [-0.25, -0.2) is 9.97 Å². The first-order valence-electron chi connectivity index (χ1n) is 14.9. The van der Waals surface area contributed by atoms with Gasteiger partial charge in [-0.3, -0.25) is 14.5 Å². The number of pyridine rings is 1. The van der Waals surface area contributed by atoms with Crippen molar-refractivity contribution in [2.75, 3.05) is 45.2 Å². The molecule has 12 heteroatoms. The SMILES string of the molecule is COc1nc(-c2cccc(-c3cccc(NC(=O)c4nc5c(n4C)CCNC5)c3Cl)c2Cl)ccc1CN1CC2(CN(C=O)C2)C1. The summed E-state index contributed by atoms with van der Waals surface area (Å²) >= 11 is 13.9. The number of carbonyl (C=O) groups excluding carboxylic acids is 2. The highest BCUT2D eigenvalue weighted by molar-refractivity contribution is 6.39. The summed E-state index contributed by atoms with van der Waals surface area (Å²) in [4.78, 5) is 37.8. The first kappa shape index (κ1) is 29.7. The maximum atomic E-state index is 13.3. The third-order valence-corrected chi connectivity index (χ3v) is 9.83. The number of imidazole rings is 1. The van der Waals surface area contributed by atoms with E-state index in [0.29, 0.717) is 45.2 Å². The van der Waals surface area contributed by atoms with Crippen molar-refractivity contribution in [2.24, 2.45) is 12.5 Å². The van der Waals surface area contributed by atoms with Crippen molar-refractivity contribution in [3.63, 3.8) is 0 Å². The summed E-state index contributed by atoms with van der Waals surface area (Å²) in [6.45, 7) is 5.80. The van der Waals surface area contributed by atoms with Crippen LogP contribution in [0.1, 0.15) is 27.6 Å². The van der Waals surface area contributed by atoms with E-state index in [2.05, 4.69) is 20.5 Å². The fourth-order valence-electron chi connectivity index (χ4n) is 6.87. The topological polar surface area (TPSA) is 105 Å². The number of carbonyl (C=O) groups is 2. The number of likely N-dealkylation sites (tertiary alicyclic amines) is 2. The summed E-state index contributed by atoms with van der Waals surface area (Å²) in [6.07, 6.45) is 1.75. The van der Waals surface area contributed by atoms with E-state index in [1.54, 1.807) is 13.2 Å². The van der Waals surface area contributed by atoms with E-state index in [9.17, 15) is 9.59 Å². The highest BCUT2D eigenvalue weighted by atomic mass is 35.5. The molecule has 0 bridgehead atoms. The number of amides is 2. The van der Waals surface area contributed by atoms with E-state index in [1.807, 2.05) is 59.0 Å². The fraction of sp³-hybridized carbons (Fsp3) is 0.333. The molecular weight excluding hydrogens is 613 g/mol. The highest BCUT2D eigenvalue weighted by Gasteiger charge is 2.51. The molecule has 2 aromatic carbocycles. The quantitative estimate of drug-likeness (QED) is 0.269. The first-order chi connectivity index (χ1) is 21.8. The van der Waals surface area contributed by atoms with Crippen LogP contribution in [0, 0.1) is 5.41 Å². The lowest BCUT2D eigenvalue weighted by molar-refractivity contribution is -0.147. The van der Waals surface area contributed by atoms with Crippen molar-refractivity contribution in [2.45, 2.75) is 19.5 Å². The van der Waals surface area contributed by atoms with Gasteiger partial charge >= 0.3 is 0 Å². The molecule has 2 fully saturated rings. The van der Waals surface area contributed by atoms with Crippen LogP contribution in [0.15, 0.2) is 48.5 Å². The van der Waals surface area contributed by atoms with Crippen LogP contribution in [0.5, 0.6) is 5.88 Å². The molecule has 3 aliphatic rings. The maximum absolute atomic E-state index is 13.3. The molecule has 45 heavy (non-hydrogen) atoms. The van der Waals surface area contributed by atoms with E-state index in [1.165, 1.54) is 0 Å². The molecule has 2 saturated heterocycles. The van der Waals surface area contributed by atoms with E-state index in [0.717, 1.165) is 80.2 Å². The minimum absolute atomic E-state index is 0.242. The summed E-state index contributed by atoms with van der Waals surface area (Å²) in [5.74, 6) is 0.564. The smallest absolute Gasteiger partial charge is 0.291 e. The molecule has 232 valence electrons. The van der Waals surface area contributed by atoms with Crippen molar-refractivity contribution >= 4 is 41.2 Å². The molecule has 0 radical (unpaired) electrons. The Morgan fingerprint density at radius 2 is 1.76 bits per heavy atom. The van der Waals surface area contributed by atoms with Gasteiger partial charge in [-0.1, -0.05) is 59.6 Å². The molecule has 2 amide bonds. The van der Waals surface area contributed by atoms with Gasteiger partial charge < -0.3 is 24.8 Å². The molecule has 4 aromatic rings. The van der Waals surface area contributed by atoms with E-state index >= 15 is 0 Å². The zero-order valence-electron chi connectivity index (χ0n) is 25.1. The average Bonchev–Trinajstić information content (AvgIpc) is 3.35. The van der Waals surface area contributed by atoms with Crippen molar-refractivity contribution in [3.8, 4) is 28.3 Å².